The average Bonchev–Trinajstić information content (AvgIpc) is 2.80. The lowest BCUT2D eigenvalue weighted by Crippen LogP contribution is -2.37. The fourth-order valence-corrected chi connectivity index (χ4v) is 3.34. The highest BCUT2D eigenvalue weighted by molar-refractivity contribution is 6.00. The lowest BCUT2D eigenvalue weighted by molar-refractivity contribution is 0.251. The van der Waals surface area contributed by atoms with Crippen LogP contribution in [0, 0.1) is 0 Å². The Bertz CT molecular complexity index is 933. The predicted octanol–water partition coefficient (Wildman–Crippen LogP) is 4.97. The highest BCUT2D eigenvalue weighted by atomic mass is 16.2. The minimum Gasteiger partial charge on any atom is -0.331 e. The van der Waals surface area contributed by atoms with Crippen LogP contribution in [-0.2, 0) is 6.42 Å². The number of anilines is 1. The molecule has 0 unspecified atom stereocenters. The molecule has 1 aliphatic rings. The molecule has 1 heterocycles. The lowest BCUT2D eigenvalue weighted by Gasteiger charge is -2.20. The molecule has 0 aliphatic carbocycles. The highest BCUT2D eigenvalue weighted by Crippen LogP contribution is 2.32. The van der Waals surface area contributed by atoms with Crippen LogP contribution in [0.2, 0.25) is 0 Å². The Balaban J connectivity index is 1.81. The number of urea groups is 1. The molecular weight excluding hydrogens is 320 g/mol. The van der Waals surface area contributed by atoms with Gasteiger partial charge in [-0.2, -0.15) is 0 Å². The predicted molar refractivity (Wildman–Crippen MR) is 107 cm³/mol. The normalized spacial score (nSPS) is 17.8. The second-order valence-electron chi connectivity index (χ2n) is 6.40. The quantitative estimate of drug-likeness (QED) is 0.694. The molecule has 0 saturated heterocycles. The van der Waals surface area contributed by atoms with Crippen molar-refractivity contribution in [3.05, 3.63) is 102 Å². The molecule has 2 N–H and O–H groups in total. The van der Waals surface area contributed by atoms with E-state index < -0.39 is 0 Å². The fraction of sp³-hybridized carbons (Fsp3) is 0.0870. The van der Waals surface area contributed by atoms with Gasteiger partial charge in [-0.15, -0.1) is 0 Å². The average molecular weight is 340 g/mol. The maximum atomic E-state index is 12.4. The number of nitrogens with one attached hydrogen (secondary N) is 2. The number of para-hydroxylation sites is 1. The largest absolute Gasteiger partial charge is 0.331 e. The summed E-state index contributed by atoms with van der Waals surface area (Å²) in [6.07, 6.45) is 2.90. The molecule has 0 fully saturated rings. The van der Waals surface area contributed by atoms with E-state index in [1.54, 1.807) is 0 Å². The van der Waals surface area contributed by atoms with Crippen LogP contribution >= 0.6 is 0 Å². The molecule has 128 valence electrons. The number of fused-ring (bicyclic) bond motifs is 1. The number of amides is 2. The van der Waals surface area contributed by atoms with Gasteiger partial charge < -0.3 is 10.6 Å². The monoisotopic (exact) mass is 340 g/mol. The molecule has 3 heteroatoms. The summed E-state index contributed by atoms with van der Waals surface area (Å²) in [5.41, 5.74) is 5.30. The third-order valence-electron chi connectivity index (χ3n) is 4.57. The first-order valence-corrected chi connectivity index (χ1v) is 8.77. The molecule has 0 aromatic heterocycles. The van der Waals surface area contributed by atoms with Crippen molar-refractivity contribution in [1.29, 1.82) is 0 Å². The Morgan fingerprint density at radius 1 is 0.808 bits per heavy atom. The summed E-state index contributed by atoms with van der Waals surface area (Å²) in [4.78, 5) is 12.4. The number of rotatable bonds is 3. The van der Waals surface area contributed by atoms with Crippen molar-refractivity contribution in [3.8, 4) is 0 Å². The third-order valence-corrected chi connectivity index (χ3v) is 4.57. The summed E-state index contributed by atoms with van der Waals surface area (Å²) in [5, 5.41) is 6.09. The van der Waals surface area contributed by atoms with Crippen LogP contribution in [0.4, 0.5) is 10.5 Å². The Morgan fingerprint density at radius 2 is 1.46 bits per heavy atom. The minimum absolute atomic E-state index is 0.110. The van der Waals surface area contributed by atoms with Crippen molar-refractivity contribution in [2.75, 3.05) is 5.32 Å². The van der Waals surface area contributed by atoms with E-state index in [9.17, 15) is 4.79 Å². The van der Waals surface area contributed by atoms with E-state index in [0.717, 1.165) is 28.8 Å². The van der Waals surface area contributed by atoms with Gasteiger partial charge in [-0.1, -0.05) is 78.9 Å². The molecule has 0 spiro atoms. The zero-order valence-electron chi connectivity index (χ0n) is 14.4. The van der Waals surface area contributed by atoms with E-state index in [0.29, 0.717) is 0 Å². The van der Waals surface area contributed by atoms with Gasteiger partial charge in [-0.3, -0.25) is 0 Å². The van der Waals surface area contributed by atoms with Gasteiger partial charge in [0.2, 0.25) is 0 Å². The summed E-state index contributed by atoms with van der Waals surface area (Å²) in [5.74, 6) is 0. The number of carbonyl (C=O) groups excluding carboxylic acids is 1. The van der Waals surface area contributed by atoms with Gasteiger partial charge in [0, 0.05) is 11.3 Å². The second kappa shape index (κ2) is 7.28. The van der Waals surface area contributed by atoms with Crippen LogP contribution in [0.1, 0.15) is 16.7 Å². The number of benzene rings is 3. The van der Waals surface area contributed by atoms with Crippen molar-refractivity contribution >= 4 is 23.4 Å². The van der Waals surface area contributed by atoms with Crippen molar-refractivity contribution < 1.29 is 4.79 Å². The van der Waals surface area contributed by atoms with Crippen LogP contribution in [-0.4, -0.2) is 12.1 Å². The molecule has 4 rings (SSSR count). The van der Waals surface area contributed by atoms with Crippen LogP contribution in [0.25, 0.3) is 11.6 Å². The van der Waals surface area contributed by atoms with Crippen LogP contribution in [0.3, 0.4) is 0 Å². The van der Waals surface area contributed by atoms with Crippen molar-refractivity contribution in [3.63, 3.8) is 0 Å². The molecule has 0 radical (unpaired) electrons. The van der Waals surface area contributed by atoms with Gasteiger partial charge in [-0.05, 0) is 35.3 Å². The van der Waals surface area contributed by atoms with Gasteiger partial charge in [0.1, 0.15) is 0 Å². The van der Waals surface area contributed by atoms with Gasteiger partial charge in [0.05, 0.1) is 6.04 Å². The lowest BCUT2D eigenvalue weighted by atomic mass is 9.91. The van der Waals surface area contributed by atoms with E-state index in [1.807, 2.05) is 54.6 Å². The van der Waals surface area contributed by atoms with Crippen molar-refractivity contribution in [2.24, 2.45) is 0 Å². The van der Waals surface area contributed by atoms with Crippen molar-refractivity contribution in [1.82, 2.24) is 5.32 Å². The van der Waals surface area contributed by atoms with Crippen molar-refractivity contribution in [2.45, 2.75) is 12.5 Å². The fourth-order valence-electron chi connectivity index (χ4n) is 3.34. The molecule has 0 saturated carbocycles. The summed E-state index contributed by atoms with van der Waals surface area (Å²) in [6.45, 7) is 0. The first kappa shape index (κ1) is 16.2. The summed E-state index contributed by atoms with van der Waals surface area (Å²) in [6, 6.07) is 28.1. The maximum absolute atomic E-state index is 12.4. The molecule has 2 amide bonds. The van der Waals surface area contributed by atoms with Gasteiger partial charge in [0.25, 0.3) is 0 Å². The standard InChI is InChI=1S/C23H20N2O/c26-23-24-21-14-8-7-13-19(21)20(15-17-9-3-1-4-10-17)22(25-23)16-18-11-5-2-6-12-18/h1-15,22H,16H2,(H2,24,25,26)/b20-15-/t22-/m1/s1. The zero-order valence-corrected chi connectivity index (χ0v) is 14.4. The molecule has 0 bridgehead atoms. The van der Waals surface area contributed by atoms with E-state index in [1.165, 1.54) is 5.56 Å². The van der Waals surface area contributed by atoms with Gasteiger partial charge in [-0.25, -0.2) is 4.79 Å². The maximum Gasteiger partial charge on any atom is 0.319 e. The Hall–Kier alpha value is -3.33. The Labute approximate surface area is 153 Å². The van der Waals surface area contributed by atoms with E-state index in [2.05, 4.69) is 47.0 Å². The molecule has 1 aliphatic heterocycles. The van der Waals surface area contributed by atoms with E-state index >= 15 is 0 Å². The van der Waals surface area contributed by atoms with Gasteiger partial charge >= 0.3 is 6.03 Å². The first-order valence-electron chi connectivity index (χ1n) is 8.77. The molecule has 1 atom stereocenters. The van der Waals surface area contributed by atoms with E-state index in [4.69, 9.17) is 0 Å². The highest BCUT2D eigenvalue weighted by Gasteiger charge is 2.25. The SMILES string of the molecule is O=C1Nc2ccccc2/C(=C/c2ccccc2)[C@@H](Cc2ccccc2)N1. The summed E-state index contributed by atoms with van der Waals surface area (Å²) < 4.78 is 0. The minimum atomic E-state index is -0.171. The van der Waals surface area contributed by atoms with Gasteiger partial charge in [0.15, 0.2) is 0 Å². The number of carbonyl (C=O) groups is 1. The number of hydrogen-bond donors (Lipinski definition) is 2. The summed E-state index contributed by atoms with van der Waals surface area (Å²) in [7, 11) is 0. The van der Waals surface area contributed by atoms with Crippen LogP contribution in [0.15, 0.2) is 84.9 Å². The second-order valence-corrected chi connectivity index (χ2v) is 6.40. The number of hydrogen-bond acceptors (Lipinski definition) is 1. The molecular formula is C23H20N2O. The third kappa shape index (κ3) is 3.52. The smallest absolute Gasteiger partial charge is 0.319 e. The zero-order chi connectivity index (χ0) is 17.8. The molecule has 3 aromatic rings. The molecule has 3 nitrogen and oxygen atoms in total. The Kier molecular flexibility index (Phi) is 4.52. The molecule has 26 heavy (non-hydrogen) atoms. The van der Waals surface area contributed by atoms with Crippen LogP contribution < -0.4 is 10.6 Å². The van der Waals surface area contributed by atoms with Crippen LogP contribution in [0.5, 0.6) is 0 Å². The topological polar surface area (TPSA) is 41.1 Å². The van der Waals surface area contributed by atoms with E-state index in [-0.39, 0.29) is 12.1 Å². The Morgan fingerprint density at radius 3 is 2.23 bits per heavy atom. The first-order chi connectivity index (χ1) is 12.8. The summed E-state index contributed by atoms with van der Waals surface area (Å²) >= 11 is 0. The molecule has 3 aromatic carbocycles.